The Balaban J connectivity index is 1.66. The maximum absolute atomic E-state index is 10.6. The van der Waals surface area contributed by atoms with E-state index in [1.54, 1.807) is 6.26 Å². The number of aromatic nitrogens is 2. The number of rotatable bonds is 8. The van der Waals surface area contributed by atoms with Crippen LogP contribution in [0.5, 0.6) is 0 Å². The zero-order valence-corrected chi connectivity index (χ0v) is 14.8. The largest absolute Gasteiger partial charge is 0.468 e. The molecule has 132 valence electrons. The standard InChI is InChI=1S/C20H25N3O2/c1-16-11-17(2)23(21-16)14-19(24)13-22(15-20-9-6-10-25-20)12-18-7-4-3-5-8-18/h3-11,19,24H,12-15H2,1-2H3/t19-/m0/s1. The third-order valence-electron chi connectivity index (χ3n) is 4.16. The van der Waals surface area contributed by atoms with Crippen molar-refractivity contribution in [2.75, 3.05) is 6.54 Å². The number of furan rings is 1. The molecule has 0 bridgehead atoms. The first-order chi connectivity index (χ1) is 12.1. The lowest BCUT2D eigenvalue weighted by molar-refractivity contribution is 0.0839. The molecule has 0 spiro atoms. The third kappa shape index (κ3) is 5.05. The van der Waals surface area contributed by atoms with Crippen LogP contribution in [0.2, 0.25) is 0 Å². The van der Waals surface area contributed by atoms with E-state index in [-0.39, 0.29) is 0 Å². The molecule has 25 heavy (non-hydrogen) atoms. The van der Waals surface area contributed by atoms with Crippen LogP contribution in [-0.4, -0.2) is 32.4 Å². The van der Waals surface area contributed by atoms with Crippen LogP contribution in [-0.2, 0) is 19.6 Å². The lowest BCUT2D eigenvalue weighted by Gasteiger charge is -2.24. The van der Waals surface area contributed by atoms with Gasteiger partial charge >= 0.3 is 0 Å². The molecule has 0 aliphatic heterocycles. The SMILES string of the molecule is Cc1cc(C)n(C[C@@H](O)CN(Cc2ccccc2)Cc2ccco2)n1. The molecule has 0 aliphatic rings. The first-order valence-corrected chi connectivity index (χ1v) is 8.58. The van der Waals surface area contributed by atoms with Crippen LogP contribution >= 0.6 is 0 Å². The number of nitrogens with zero attached hydrogens (tertiary/aromatic N) is 3. The highest BCUT2D eigenvalue weighted by Gasteiger charge is 2.16. The van der Waals surface area contributed by atoms with Crippen LogP contribution in [0, 0.1) is 13.8 Å². The highest BCUT2D eigenvalue weighted by molar-refractivity contribution is 5.14. The van der Waals surface area contributed by atoms with Gasteiger partial charge < -0.3 is 9.52 Å². The molecule has 0 aliphatic carbocycles. The summed E-state index contributed by atoms with van der Waals surface area (Å²) in [6.07, 6.45) is 1.18. The van der Waals surface area contributed by atoms with Gasteiger partial charge in [-0.3, -0.25) is 9.58 Å². The summed E-state index contributed by atoms with van der Waals surface area (Å²) in [5.74, 6) is 0.897. The molecule has 0 radical (unpaired) electrons. The summed E-state index contributed by atoms with van der Waals surface area (Å²) in [5, 5.41) is 15.0. The number of aliphatic hydroxyl groups is 1. The van der Waals surface area contributed by atoms with Crippen molar-refractivity contribution in [1.82, 2.24) is 14.7 Å². The molecular weight excluding hydrogens is 314 g/mol. The van der Waals surface area contributed by atoms with Crippen LogP contribution in [0.15, 0.2) is 59.2 Å². The molecule has 2 heterocycles. The van der Waals surface area contributed by atoms with E-state index in [4.69, 9.17) is 4.42 Å². The molecule has 3 rings (SSSR count). The van der Waals surface area contributed by atoms with Crippen molar-refractivity contribution in [2.24, 2.45) is 0 Å². The number of benzene rings is 1. The van der Waals surface area contributed by atoms with E-state index >= 15 is 0 Å². The van der Waals surface area contributed by atoms with E-state index in [1.807, 2.05) is 54.9 Å². The van der Waals surface area contributed by atoms with Gasteiger partial charge in [0, 0.05) is 18.8 Å². The molecule has 5 nitrogen and oxygen atoms in total. The highest BCUT2D eigenvalue weighted by Crippen LogP contribution is 2.12. The van der Waals surface area contributed by atoms with Gasteiger partial charge in [-0.1, -0.05) is 30.3 Å². The monoisotopic (exact) mass is 339 g/mol. The van der Waals surface area contributed by atoms with E-state index in [0.29, 0.717) is 19.6 Å². The molecule has 0 saturated heterocycles. The van der Waals surface area contributed by atoms with Gasteiger partial charge in [-0.2, -0.15) is 5.10 Å². The van der Waals surface area contributed by atoms with Crippen molar-refractivity contribution in [3.8, 4) is 0 Å². The maximum Gasteiger partial charge on any atom is 0.117 e. The summed E-state index contributed by atoms with van der Waals surface area (Å²) >= 11 is 0. The van der Waals surface area contributed by atoms with Crippen LogP contribution < -0.4 is 0 Å². The fourth-order valence-electron chi connectivity index (χ4n) is 3.06. The molecule has 0 saturated carbocycles. The second kappa shape index (κ2) is 8.14. The summed E-state index contributed by atoms with van der Waals surface area (Å²) in [6.45, 7) is 6.44. The van der Waals surface area contributed by atoms with Gasteiger partial charge in [-0.25, -0.2) is 0 Å². The van der Waals surface area contributed by atoms with Crippen LogP contribution in [0.25, 0.3) is 0 Å². The predicted octanol–water partition coefficient (Wildman–Crippen LogP) is 3.16. The normalized spacial score (nSPS) is 12.6. The number of aliphatic hydroxyl groups excluding tert-OH is 1. The van der Waals surface area contributed by atoms with E-state index in [9.17, 15) is 5.11 Å². The minimum absolute atomic E-state index is 0.489. The van der Waals surface area contributed by atoms with Gasteiger partial charge in [0.2, 0.25) is 0 Å². The summed E-state index contributed by atoms with van der Waals surface area (Å²) in [5.41, 5.74) is 3.26. The molecule has 5 heteroatoms. The lowest BCUT2D eigenvalue weighted by atomic mass is 10.2. The zero-order chi connectivity index (χ0) is 17.6. The summed E-state index contributed by atoms with van der Waals surface area (Å²) in [6, 6.07) is 16.2. The van der Waals surface area contributed by atoms with Crippen molar-refractivity contribution in [1.29, 1.82) is 0 Å². The van der Waals surface area contributed by atoms with Crippen LogP contribution in [0.1, 0.15) is 22.7 Å². The molecule has 0 amide bonds. The number of hydrogen-bond donors (Lipinski definition) is 1. The molecule has 1 atom stereocenters. The Labute approximate surface area is 148 Å². The summed E-state index contributed by atoms with van der Waals surface area (Å²) < 4.78 is 7.35. The third-order valence-corrected chi connectivity index (χ3v) is 4.16. The molecular formula is C20H25N3O2. The average Bonchev–Trinajstić information content (AvgIpc) is 3.18. The van der Waals surface area contributed by atoms with Crippen molar-refractivity contribution in [2.45, 2.75) is 39.6 Å². The second-order valence-electron chi connectivity index (χ2n) is 6.50. The first kappa shape index (κ1) is 17.5. The van der Waals surface area contributed by atoms with E-state index < -0.39 is 6.10 Å². The van der Waals surface area contributed by atoms with E-state index in [2.05, 4.69) is 22.1 Å². The topological polar surface area (TPSA) is 54.4 Å². The Morgan fingerprint density at radius 1 is 1.12 bits per heavy atom. The van der Waals surface area contributed by atoms with Crippen molar-refractivity contribution >= 4 is 0 Å². The summed E-state index contributed by atoms with van der Waals surface area (Å²) in [4.78, 5) is 2.20. The number of aryl methyl sites for hydroxylation is 2. The van der Waals surface area contributed by atoms with Crippen molar-refractivity contribution in [3.05, 3.63) is 77.5 Å². The Kier molecular flexibility index (Phi) is 5.68. The minimum atomic E-state index is -0.503. The van der Waals surface area contributed by atoms with Gasteiger partial charge in [-0.05, 0) is 37.6 Å². The van der Waals surface area contributed by atoms with Crippen molar-refractivity contribution < 1.29 is 9.52 Å². The molecule has 3 aromatic rings. The number of hydrogen-bond acceptors (Lipinski definition) is 4. The van der Waals surface area contributed by atoms with Gasteiger partial charge in [0.1, 0.15) is 5.76 Å². The lowest BCUT2D eigenvalue weighted by Crippen LogP contribution is -2.34. The molecule has 1 N–H and O–H groups in total. The van der Waals surface area contributed by atoms with Crippen molar-refractivity contribution in [3.63, 3.8) is 0 Å². The van der Waals surface area contributed by atoms with E-state index in [0.717, 1.165) is 23.7 Å². The van der Waals surface area contributed by atoms with Gasteiger partial charge in [0.05, 0.1) is 31.2 Å². The van der Waals surface area contributed by atoms with Gasteiger partial charge in [0.15, 0.2) is 0 Å². The fraction of sp³-hybridized carbons (Fsp3) is 0.350. The average molecular weight is 339 g/mol. The Morgan fingerprint density at radius 2 is 1.92 bits per heavy atom. The summed E-state index contributed by atoms with van der Waals surface area (Å²) in [7, 11) is 0. The van der Waals surface area contributed by atoms with Gasteiger partial charge in [-0.15, -0.1) is 0 Å². The first-order valence-electron chi connectivity index (χ1n) is 8.58. The Bertz CT molecular complexity index is 766. The fourth-order valence-corrected chi connectivity index (χ4v) is 3.06. The Morgan fingerprint density at radius 3 is 2.56 bits per heavy atom. The maximum atomic E-state index is 10.6. The van der Waals surface area contributed by atoms with Crippen LogP contribution in [0.3, 0.4) is 0 Å². The second-order valence-corrected chi connectivity index (χ2v) is 6.50. The molecule has 0 unspecified atom stereocenters. The van der Waals surface area contributed by atoms with Crippen LogP contribution in [0.4, 0.5) is 0 Å². The predicted molar refractivity (Wildman–Crippen MR) is 97.0 cm³/mol. The molecule has 1 aromatic carbocycles. The molecule has 0 fully saturated rings. The zero-order valence-electron chi connectivity index (χ0n) is 14.8. The van der Waals surface area contributed by atoms with E-state index in [1.165, 1.54) is 5.56 Å². The molecule has 2 aromatic heterocycles. The quantitative estimate of drug-likeness (QED) is 0.685. The highest BCUT2D eigenvalue weighted by atomic mass is 16.3. The minimum Gasteiger partial charge on any atom is -0.468 e. The van der Waals surface area contributed by atoms with Gasteiger partial charge in [0.25, 0.3) is 0 Å². The Hall–Kier alpha value is -2.37. The smallest absolute Gasteiger partial charge is 0.117 e.